The molecule has 0 aliphatic carbocycles. The number of piperidine rings is 1. The molecule has 1 aromatic rings. The highest BCUT2D eigenvalue weighted by Crippen LogP contribution is 2.29. The summed E-state index contributed by atoms with van der Waals surface area (Å²) in [5.41, 5.74) is 1.77. The first-order chi connectivity index (χ1) is 9.94. The molecule has 0 aromatic heterocycles. The predicted octanol–water partition coefficient (Wildman–Crippen LogP) is 4.10. The lowest BCUT2D eigenvalue weighted by molar-refractivity contribution is 0.197. The molecule has 2 atom stereocenters. The lowest BCUT2D eigenvalue weighted by atomic mass is 9.85. The van der Waals surface area contributed by atoms with E-state index in [0.29, 0.717) is 11.5 Å². The molecular weight excluding hydrogens is 256 g/mol. The average Bonchev–Trinajstić information content (AvgIpc) is 2.43. The van der Waals surface area contributed by atoms with Crippen molar-refractivity contribution in [3.05, 3.63) is 35.9 Å². The van der Waals surface area contributed by atoms with Gasteiger partial charge in [-0.2, -0.15) is 0 Å². The van der Waals surface area contributed by atoms with Gasteiger partial charge in [-0.3, -0.25) is 0 Å². The Morgan fingerprint density at radius 1 is 1.24 bits per heavy atom. The van der Waals surface area contributed by atoms with E-state index >= 15 is 0 Å². The highest BCUT2D eigenvalue weighted by atomic mass is 15.1. The topological polar surface area (TPSA) is 15.3 Å². The van der Waals surface area contributed by atoms with Gasteiger partial charge in [0, 0.05) is 12.6 Å². The Bertz CT molecular complexity index is 407. The zero-order chi connectivity index (χ0) is 15.3. The molecule has 1 heterocycles. The number of likely N-dealkylation sites (tertiary alicyclic amines) is 1. The van der Waals surface area contributed by atoms with Crippen molar-refractivity contribution in [2.24, 2.45) is 11.3 Å². The van der Waals surface area contributed by atoms with Crippen molar-refractivity contribution in [2.45, 2.75) is 46.1 Å². The molecule has 2 heteroatoms. The van der Waals surface area contributed by atoms with Gasteiger partial charge in [-0.1, -0.05) is 51.1 Å². The first-order valence-corrected chi connectivity index (χ1v) is 8.41. The van der Waals surface area contributed by atoms with Gasteiger partial charge in [-0.05, 0) is 56.3 Å². The van der Waals surface area contributed by atoms with E-state index in [0.717, 1.165) is 12.5 Å². The summed E-state index contributed by atoms with van der Waals surface area (Å²) >= 11 is 0. The van der Waals surface area contributed by atoms with Crippen LogP contribution in [0, 0.1) is 11.3 Å². The lowest BCUT2D eigenvalue weighted by Gasteiger charge is -2.33. The van der Waals surface area contributed by atoms with Crippen LogP contribution in [0.25, 0.3) is 0 Å². The summed E-state index contributed by atoms with van der Waals surface area (Å²) in [5.74, 6) is 0.801. The molecule has 1 fully saturated rings. The van der Waals surface area contributed by atoms with Crippen LogP contribution in [-0.2, 0) is 0 Å². The smallest absolute Gasteiger partial charge is 0.0325 e. The Balaban J connectivity index is 1.96. The van der Waals surface area contributed by atoms with E-state index in [4.69, 9.17) is 0 Å². The van der Waals surface area contributed by atoms with Crippen LogP contribution in [0.4, 0.5) is 0 Å². The number of nitrogens with one attached hydrogen (secondary N) is 1. The predicted molar refractivity (Wildman–Crippen MR) is 91.5 cm³/mol. The molecule has 118 valence electrons. The highest BCUT2D eigenvalue weighted by molar-refractivity contribution is 5.19. The SMILES string of the molecule is CN1CCCC(CNC(CC(C)(C)C)c2ccccc2)C1. The second-order valence-electron chi connectivity index (χ2n) is 7.91. The zero-order valence-corrected chi connectivity index (χ0v) is 14.2. The van der Waals surface area contributed by atoms with Crippen LogP contribution < -0.4 is 5.32 Å². The number of nitrogens with zero attached hydrogens (tertiary/aromatic N) is 1. The Kier molecular flexibility index (Phi) is 5.83. The fourth-order valence-electron chi connectivity index (χ4n) is 3.35. The molecule has 0 bridgehead atoms. The summed E-state index contributed by atoms with van der Waals surface area (Å²) in [6.45, 7) is 10.6. The van der Waals surface area contributed by atoms with E-state index in [1.54, 1.807) is 0 Å². The lowest BCUT2D eigenvalue weighted by Crippen LogP contribution is -2.39. The summed E-state index contributed by atoms with van der Waals surface area (Å²) in [5, 5.41) is 3.86. The van der Waals surface area contributed by atoms with Crippen molar-refractivity contribution < 1.29 is 0 Å². The first kappa shape index (κ1) is 16.5. The standard InChI is InChI=1S/C19H32N2/c1-19(2,3)13-18(17-10-6-5-7-11-17)20-14-16-9-8-12-21(4)15-16/h5-7,10-11,16,18,20H,8-9,12-15H2,1-4H3. The third-order valence-electron chi connectivity index (χ3n) is 4.39. The van der Waals surface area contributed by atoms with Gasteiger partial charge >= 0.3 is 0 Å². The normalized spacial score (nSPS) is 22.2. The minimum Gasteiger partial charge on any atom is -0.310 e. The van der Waals surface area contributed by atoms with Crippen molar-refractivity contribution in [2.75, 3.05) is 26.7 Å². The van der Waals surface area contributed by atoms with E-state index in [1.165, 1.54) is 37.9 Å². The van der Waals surface area contributed by atoms with E-state index in [9.17, 15) is 0 Å². The summed E-state index contributed by atoms with van der Waals surface area (Å²) in [4.78, 5) is 2.47. The van der Waals surface area contributed by atoms with Crippen molar-refractivity contribution in [1.82, 2.24) is 10.2 Å². The van der Waals surface area contributed by atoms with Crippen molar-refractivity contribution in [3.8, 4) is 0 Å². The Morgan fingerprint density at radius 2 is 1.95 bits per heavy atom. The van der Waals surface area contributed by atoms with E-state index in [-0.39, 0.29) is 0 Å². The van der Waals surface area contributed by atoms with Crippen LogP contribution in [0.15, 0.2) is 30.3 Å². The maximum absolute atomic E-state index is 3.86. The fourth-order valence-corrected chi connectivity index (χ4v) is 3.35. The van der Waals surface area contributed by atoms with Gasteiger partial charge in [0.2, 0.25) is 0 Å². The van der Waals surface area contributed by atoms with Gasteiger partial charge in [-0.15, -0.1) is 0 Å². The van der Waals surface area contributed by atoms with Gasteiger partial charge in [-0.25, -0.2) is 0 Å². The minimum absolute atomic E-state index is 0.344. The molecule has 1 aliphatic heterocycles. The van der Waals surface area contributed by atoms with Gasteiger partial charge in [0.25, 0.3) is 0 Å². The van der Waals surface area contributed by atoms with Crippen LogP contribution in [0.1, 0.15) is 51.6 Å². The number of rotatable bonds is 5. The molecule has 2 rings (SSSR count). The van der Waals surface area contributed by atoms with E-state index in [2.05, 4.69) is 68.4 Å². The molecule has 0 amide bonds. The molecule has 0 saturated carbocycles. The van der Waals surface area contributed by atoms with E-state index in [1.807, 2.05) is 0 Å². The van der Waals surface area contributed by atoms with E-state index < -0.39 is 0 Å². The number of benzene rings is 1. The Morgan fingerprint density at radius 3 is 2.57 bits per heavy atom. The first-order valence-electron chi connectivity index (χ1n) is 8.41. The van der Waals surface area contributed by atoms with Crippen molar-refractivity contribution in [1.29, 1.82) is 0 Å². The number of hydrogen-bond acceptors (Lipinski definition) is 2. The maximum Gasteiger partial charge on any atom is 0.0325 e. The summed E-state index contributed by atoms with van der Waals surface area (Å²) < 4.78 is 0. The molecule has 1 N–H and O–H groups in total. The van der Waals surface area contributed by atoms with Gasteiger partial charge in [0.15, 0.2) is 0 Å². The Labute approximate surface area is 130 Å². The molecule has 1 aliphatic rings. The largest absolute Gasteiger partial charge is 0.310 e. The molecular formula is C19H32N2. The summed E-state index contributed by atoms with van der Waals surface area (Å²) in [6.07, 6.45) is 3.89. The Hall–Kier alpha value is -0.860. The monoisotopic (exact) mass is 288 g/mol. The average molecular weight is 288 g/mol. The van der Waals surface area contributed by atoms with Crippen LogP contribution in [0.5, 0.6) is 0 Å². The third kappa shape index (κ3) is 5.80. The van der Waals surface area contributed by atoms with Crippen LogP contribution in [0.2, 0.25) is 0 Å². The zero-order valence-electron chi connectivity index (χ0n) is 14.2. The second kappa shape index (κ2) is 7.42. The van der Waals surface area contributed by atoms with Crippen molar-refractivity contribution >= 4 is 0 Å². The summed E-state index contributed by atoms with van der Waals surface area (Å²) in [7, 11) is 2.25. The van der Waals surface area contributed by atoms with Crippen LogP contribution in [0.3, 0.4) is 0 Å². The molecule has 1 aromatic carbocycles. The van der Waals surface area contributed by atoms with Crippen molar-refractivity contribution in [3.63, 3.8) is 0 Å². The second-order valence-corrected chi connectivity index (χ2v) is 7.91. The summed E-state index contributed by atoms with van der Waals surface area (Å²) in [6, 6.07) is 11.4. The molecule has 0 radical (unpaired) electrons. The minimum atomic E-state index is 0.344. The number of hydrogen-bond donors (Lipinski definition) is 1. The molecule has 0 spiro atoms. The molecule has 1 saturated heterocycles. The van der Waals surface area contributed by atoms with Crippen LogP contribution >= 0.6 is 0 Å². The molecule has 21 heavy (non-hydrogen) atoms. The van der Waals surface area contributed by atoms with Crippen LogP contribution in [-0.4, -0.2) is 31.6 Å². The third-order valence-corrected chi connectivity index (χ3v) is 4.39. The van der Waals surface area contributed by atoms with Gasteiger partial charge in [0.05, 0.1) is 0 Å². The highest BCUT2D eigenvalue weighted by Gasteiger charge is 2.22. The molecule has 2 unspecified atom stereocenters. The fraction of sp³-hybridized carbons (Fsp3) is 0.684. The van der Waals surface area contributed by atoms with Gasteiger partial charge in [0.1, 0.15) is 0 Å². The van der Waals surface area contributed by atoms with Gasteiger partial charge < -0.3 is 10.2 Å². The quantitative estimate of drug-likeness (QED) is 0.877. The maximum atomic E-state index is 3.86. The molecule has 2 nitrogen and oxygen atoms in total.